The lowest BCUT2D eigenvalue weighted by atomic mass is 10.2. The molecular weight excluding hydrogens is 516 g/mol. The first-order valence-electron chi connectivity index (χ1n) is 9.81. The molecule has 0 bridgehead atoms. The van der Waals surface area contributed by atoms with Crippen LogP contribution in [0, 0.1) is 11.6 Å². The van der Waals surface area contributed by atoms with Gasteiger partial charge in [-0.1, -0.05) is 41.1 Å². The van der Waals surface area contributed by atoms with E-state index in [2.05, 4.69) is 26.2 Å². The third kappa shape index (κ3) is 6.02. The number of rotatable bonds is 6. The second-order valence-corrected chi connectivity index (χ2v) is 10.1. The lowest BCUT2D eigenvalue weighted by molar-refractivity contribution is -0.105. The van der Waals surface area contributed by atoms with Crippen LogP contribution in [0.4, 0.5) is 14.6 Å². The second kappa shape index (κ2) is 10.7. The normalized spacial score (nSPS) is 11.0. The first-order chi connectivity index (χ1) is 15.7. The molecule has 0 aliphatic carbocycles. The summed E-state index contributed by atoms with van der Waals surface area (Å²) in [6.45, 7) is 1.80. The Labute approximate surface area is 198 Å². The van der Waals surface area contributed by atoms with Gasteiger partial charge < -0.3 is 9.88 Å². The van der Waals surface area contributed by atoms with Crippen LogP contribution < -0.4 is 5.32 Å². The van der Waals surface area contributed by atoms with E-state index in [1.54, 1.807) is 29.0 Å². The molecule has 4 aromatic rings. The van der Waals surface area contributed by atoms with E-state index in [1.807, 2.05) is 24.3 Å². The molecule has 0 fully saturated rings. The second-order valence-electron chi connectivity index (χ2n) is 6.91. The van der Waals surface area contributed by atoms with Gasteiger partial charge in [-0.25, -0.2) is 22.2 Å². The highest BCUT2D eigenvalue weighted by atomic mass is 79.9. The van der Waals surface area contributed by atoms with Crippen molar-refractivity contribution in [1.29, 1.82) is 0 Å². The number of carbonyl (C=O) groups excluding carboxylic acids is 1. The molecule has 0 aliphatic rings. The zero-order valence-electron chi connectivity index (χ0n) is 17.5. The van der Waals surface area contributed by atoms with Gasteiger partial charge >= 0.3 is 0 Å². The summed E-state index contributed by atoms with van der Waals surface area (Å²) in [4.78, 5) is 13.5. The van der Waals surface area contributed by atoms with Crippen LogP contribution in [0.3, 0.4) is 0 Å². The fourth-order valence-corrected chi connectivity index (χ4v) is 4.73. The minimum absolute atomic E-state index is 0.0618. The predicted molar refractivity (Wildman–Crippen MR) is 127 cm³/mol. The fraction of sp³-hybridized carbons (Fsp3) is 0.130. The minimum Gasteiger partial charge on any atom is -0.342 e. The van der Waals surface area contributed by atoms with Gasteiger partial charge in [-0.2, -0.15) is 0 Å². The number of amides is 1. The molecule has 4 rings (SSSR count). The maximum absolute atomic E-state index is 14.3. The van der Waals surface area contributed by atoms with Crippen molar-refractivity contribution < 1.29 is 22.0 Å². The molecule has 0 saturated carbocycles. The third-order valence-electron chi connectivity index (χ3n) is 4.69. The Morgan fingerprint density at radius 2 is 1.91 bits per heavy atom. The Morgan fingerprint density at radius 1 is 1.12 bits per heavy atom. The third-order valence-corrected chi connectivity index (χ3v) is 6.92. The summed E-state index contributed by atoms with van der Waals surface area (Å²) in [6.07, 6.45) is 3.60. The van der Waals surface area contributed by atoms with Gasteiger partial charge in [0, 0.05) is 29.5 Å². The zero-order valence-corrected chi connectivity index (χ0v) is 19.9. The summed E-state index contributed by atoms with van der Waals surface area (Å²) in [5, 5.41) is 2.35. The van der Waals surface area contributed by atoms with Crippen LogP contribution >= 0.6 is 15.9 Å². The Bertz CT molecular complexity index is 1380. The topological polar surface area (TPSA) is 81.1 Å². The maximum atomic E-state index is 14.3. The van der Waals surface area contributed by atoms with Crippen LogP contribution in [-0.4, -0.2) is 30.1 Å². The van der Waals surface area contributed by atoms with E-state index in [4.69, 9.17) is 0 Å². The number of nitrogens with zero attached hydrogens (tertiary/aromatic N) is 2. The molecule has 172 valence electrons. The van der Waals surface area contributed by atoms with E-state index in [0.29, 0.717) is 24.8 Å². The highest BCUT2D eigenvalue weighted by Crippen LogP contribution is 2.30. The van der Waals surface area contributed by atoms with Crippen molar-refractivity contribution >= 4 is 48.9 Å². The first kappa shape index (κ1) is 24.5. The highest BCUT2D eigenvalue weighted by Gasteiger charge is 2.23. The molecule has 10 heteroatoms. The van der Waals surface area contributed by atoms with Crippen molar-refractivity contribution in [3.63, 3.8) is 0 Å². The van der Waals surface area contributed by atoms with E-state index in [1.165, 1.54) is 13.1 Å². The first-order valence-corrected chi connectivity index (χ1v) is 12.3. The predicted octanol–water partition coefficient (Wildman–Crippen LogP) is 5.17. The molecule has 0 radical (unpaired) electrons. The Morgan fingerprint density at radius 3 is 2.55 bits per heavy atom. The summed E-state index contributed by atoms with van der Waals surface area (Å²) in [6, 6.07) is 14.6. The summed E-state index contributed by atoms with van der Waals surface area (Å²) >= 11 is 3.37. The van der Waals surface area contributed by atoms with Gasteiger partial charge in [-0.15, -0.1) is 0 Å². The largest absolute Gasteiger partial charge is 0.342 e. The monoisotopic (exact) mass is 535 g/mol. The van der Waals surface area contributed by atoms with Gasteiger partial charge in [0.05, 0.1) is 21.6 Å². The van der Waals surface area contributed by atoms with Gasteiger partial charge in [0.15, 0.2) is 9.84 Å². The minimum atomic E-state index is -3.63. The Balaban J connectivity index is 0.000000286. The summed E-state index contributed by atoms with van der Waals surface area (Å²) in [5.41, 5.74) is 1.10. The highest BCUT2D eigenvalue weighted by molar-refractivity contribution is 9.10. The van der Waals surface area contributed by atoms with Crippen molar-refractivity contribution in [3.8, 4) is 0 Å². The number of fused-ring (bicyclic) bond motifs is 1. The van der Waals surface area contributed by atoms with Gasteiger partial charge in [-0.05, 0) is 35.9 Å². The van der Waals surface area contributed by atoms with E-state index in [9.17, 15) is 22.0 Å². The van der Waals surface area contributed by atoms with Crippen LogP contribution in [0.15, 0.2) is 76.4 Å². The standard InChI is InChI=1S/C17H14BrF2NO2S.C6H6N2O/c1-2-24(22,23)16-10-21(9-11-4-3-5-12(18)6-11)15-8-13(19)7-14(20)17(15)16;9-5-8-6-3-1-2-4-7-6/h3-8,10H,2,9H2,1H3;1-5H,(H,7,8,9). The molecule has 0 unspecified atom stereocenters. The van der Waals surface area contributed by atoms with Gasteiger partial charge in [-0.3, -0.25) is 4.79 Å². The molecule has 0 saturated heterocycles. The average molecular weight is 536 g/mol. The molecule has 0 atom stereocenters. The quantitative estimate of drug-likeness (QED) is 0.345. The number of sulfone groups is 1. The number of aromatic nitrogens is 2. The van der Waals surface area contributed by atoms with Crippen LogP contribution in [0.1, 0.15) is 12.5 Å². The number of anilines is 1. The number of pyridine rings is 1. The van der Waals surface area contributed by atoms with E-state index < -0.39 is 21.5 Å². The number of benzene rings is 2. The molecular formula is C23H20BrF2N3O3S. The van der Waals surface area contributed by atoms with Crippen molar-refractivity contribution in [2.75, 3.05) is 11.1 Å². The van der Waals surface area contributed by atoms with Crippen LogP contribution in [0.25, 0.3) is 10.9 Å². The summed E-state index contributed by atoms with van der Waals surface area (Å²) in [5.74, 6) is -1.19. The summed E-state index contributed by atoms with van der Waals surface area (Å²) < 4.78 is 54.9. The molecule has 0 aliphatic heterocycles. The number of halogens is 3. The summed E-state index contributed by atoms with van der Waals surface area (Å²) in [7, 11) is -3.63. The number of carbonyl (C=O) groups is 1. The van der Waals surface area contributed by atoms with E-state index in [-0.39, 0.29) is 21.6 Å². The lowest BCUT2D eigenvalue weighted by Crippen LogP contribution is -2.03. The number of nitrogens with one attached hydrogen (secondary N) is 1. The molecule has 1 N–H and O–H groups in total. The zero-order chi connectivity index (χ0) is 24.0. The SMILES string of the molecule is CCS(=O)(=O)c1cn(Cc2cccc(Br)c2)c2cc(F)cc(F)c12.O=CNc1ccccn1. The fourth-order valence-electron chi connectivity index (χ4n) is 3.17. The van der Waals surface area contributed by atoms with Gasteiger partial charge in [0.2, 0.25) is 6.41 Å². The molecule has 2 heterocycles. The van der Waals surface area contributed by atoms with E-state index in [0.717, 1.165) is 16.1 Å². The molecule has 6 nitrogen and oxygen atoms in total. The maximum Gasteiger partial charge on any atom is 0.212 e. The molecule has 0 spiro atoms. The lowest BCUT2D eigenvalue weighted by Gasteiger charge is -2.06. The van der Waals surface area contributed by atoms with Crippen molar-refractivity contribution in [3.05, 3.63) is 88.7 Å². The van der Waals surface area contributed by atoms with Crippen molar-refractivity contribution in [2.24, 2.45) is 0 Å². The molecule has 2 aromatic carbocycles. The number of hydrogen-bond acceptors (Lipinski definition) is 4. The Hall–Kier alpha value is -3.11. The molecule has 2 aromatic heterocycles. The van der Waals surface area contributed by atoms with Crippen LogP contribution in [0.5, 0.6) is 0 Å². The molecule has 1 amide bonds. The average Bonchev–Trinajstić information content (AvgIpc) is 3.14. The van der Waals surface area contributed by atoms with E-state index >= 15 is 0 Å². The van der Waals surface area contributed by atoms with Crippen molar-refractivity contribution in [2.45, 2.75) is 18.4 Å². The van der Waals surface area contributed by atoms with Gasteiger partial charge in [0.25, 0.3) is 0 Å². The molecule has 33 heavy (non-hydrogen) atoms. The Kier molecular flexibility index (Phi) is 7.93. The van der Waals surface area contributed by atoms with Crippen LogP contribution in [0.2, 0.25) is 0 Å². The van der Waals surface area contributed by atoms with Crippen LogP contribution in [-0.2, 0) is 21.2 Å². The number of hydrogen-bond donors (Lipinski definition) is 1. The van der Waals surface area contributed by atoms with Gasteiger partial charge in [0.1, 0.15) is 17.5 Å². The van der Waals surface area contributed by atoms with Crippen molar-refractivity contribution in [1.82, 2.24) is 9.55 Å². The smallest absolute Gasteiger partial charge is 0.212 e.